The van der Waals surface area contributed by atoms with Crippen LogP contribution in [0.2, 0.25) is 0 Å². The first-order valence-electron chi connectivity index (χ1n) is 8.50. The van der Waals surface area contributed by atoms with E-state index in [4.69, 9.17) is 0 Å². The predicted molar refractivity (Wildman–Crippen MR) is 95.2 cm³/mol. The topological polar surface area (TPSA) is 98.7 Å². The Balaban J connectivity index is 2.81. The van der Waals surface area contributed by atoms with Crippen LogP contribution in [0.5, 0.6) is 0 Å². The molecule has 0 aromatic heterocycles. The zero-order valence-electron chi connectivity index (χ0n) is 15.7. The Morgan fingerprint density at radius 1 is 1.16 bits per heavy atom. The third kappa shape index (κ3) is 5.70. The van der Waals surface area contributed by atoms with Crippen LogP contribution in [0.1, 0.15) is 34.6 Å². The summed E-state index contributed by atoms with van der Waals surface area (Å²) in [6.07, 6.45) is 4.06. The first-order chi connectivity index (χ1) is 11.5. The van der Waals surface area contributed by atoms with Crippen molar-refractivity contribution >= 4 is 17.7 Å². The lowest BCUT2D eigenvalue weighted by atomic mass is 10.0. The van der Waals surface area contributed by atoms with Crippen molar-refractivity contribution in [3.63, 3.8) is 0 Å². The van der Waals surface area contributed by atoms with Gasteiger partial charge in [-0.2, -0.15) is 0 Å². The van der Waals surface area contributed by atoms with Crippen molar-refractivity contribution in [1.82, 2.24) is 15.5 Å². The van der Waals surface area contributed by atoms with Crippen LogP contribution in [-0.4, -0.2) is 53.0 Å². The molecule has 0 aromatic rings. The summed E-state index contributed by atoms with van der Waals surface area (Å²) in [6.45, 7) is 8.93. The number of amides is 3. The molecule has 1 rings (SSSR count). The lowest BCUT2D eigenvalue weighted by molar-refractivity contribution is -0.136. The molecule has 0 aromatic carbocycles. The van der Waals surface area contributed by atoms with Crippen LogP contribution >= 0.6 is 0 Å². The molecular formula is C18H29N3O4. The minimum atomic E-state index is -1.18. The molecule has 0 bridgehead atoms. The van der Waals surface area contributed by atoms with E-state index < -0.39 is 30.0 Å². The zero-order chi connectivity index (χ0) is 19.3. The number of nitrogens with one attached hydrogen (secondary N) is 2. The van der Waals surface area contributed by atoms with Gasteiger partial charge in [0, 0.05) is 13.2 Å². The molecule has 1 aliphatic rings. The van der Waals surface area contributed by atoms with Gasteiger partial charge in [0.15, 0.2) is 0 Å². The molecule has 7 heteroatoms. The predicted octanol–water partition coefficient (Wildman–Crippen LogP) is 0.561. The van der Waals surface area contributed by atoms with Crippen LogP contribution in [0, 0.1) is 11.8 Å². The Bertz CT molecular complexity index is 581. The molecule has 3 atom stereocenters. The van der Waals surface area contributed by atoms with Gasteiger partial charge in [0.25, 0.3) is 5.91 Å². The molecule has 0 saturated heterocycles. The molecule has 140 valence electrons. The van der Waals surface area contributed by atoms with Gasteiger partial charge in [-0.25, -0.2) is 0 Å². The van der Waals surface area contributed by atoms with Crippen LogP contribution in [0.3, 0.4) is 0 Å². The average molecular weight is 351 g/mol. The van der Waals surface area contributed by atoms with Crippen LogP contribution in [0.15, 0.2) is 23.9 Å². The van der Waals surface area contributed by atoms with Crippen LogP contribution in [-0.2, 0) is 14.4 Å². The number of hydrogen-bond acceptors (Lipinski definition) is 4. The number of carbonyl (C=O) groups excluding carboxylic acids is 3. The van der Waals surface area contributed by atoms with E-state index in [-0.39, 0.29) is 17.7 Å². The molecule has 1 unspecified atom stereocenters. The highest BCUT2D eigenvalue weighted by atomic mass is 16.3. The highest BCUT2D eigenvalue weighted by Crippen LogP contribution is 2.16. The van der Waals surface area contributed by atoms with Gasteiger partial charge in [0.2, 0.25) is 11.8 Å². The number of rotatable bonds is 6. The SMILES string of the molecule is CC(C)C1=CC(NC(=O)[C@H](C)NC(=O)[C@@H](O)C(C)C)C(=O)N(C)C=C1. The number of aliphatic hydroxyl groups is 1. The summed E-state index contributed by atoms with van der Waals surface area (Å²) in [6, 6.07) is -1.68. The summed E-state index contributed by atoms with van der Waals surface area (Å²) in [5.74, 6) is -1.41. The van der Waals surface area contributed by atoms with Gasteiger partial charge in [-0.3, -0.25) is 14.4 Å². The first-order valence-corrected chi connectivity index (χ1v) is 8.50. The van der Waals surface area contributed by atoms with Crippen molar-refractivity contribution < 1.29 is 19.5 Å². The molecule has 0 fully saturated rings. The summed E-state index contributed by atoms with van der Waals surface area (Å²) < 4.78 is 0. The summed E-state index contributed by atoms with van der Waals surface area (Å²) in [4.78, 5) is 38.0. The van der Waals surface area contributed by atoms with Gasteiger partial charge >= 0.3 is 0 Å². The summed E-state index contributed by atoms with van der Waals surface area (Å²) >= 11 is 0. The van der Waals surface area contributed by atoms with Gasteiger partial charge < -0.3 is 20.6 Å². The Morgan fingerprint density at radius 3 is 2.28 bits per heavy atom. The minimum absolute atomic E-state index is 0.202. The van der Waals surface area contributed by atoms with E-state index in [9.17, 15) is 19.5 Å². The molecular weight excluding hydrogens is 322 g/mol. The third-order valence-electron chi connectivity index (χ3n) is 4.08. The third-order valence-corrected chi connectivity index (χ3v) is 4.08. The maximum absolute atomic E-state index is 12.4. The van der Waals surface area contributed by atoms with Gasteiger partial charge in [0.1, 0.15) is 18.2 Å². The number of likely N-dealkylation sites (N-methyl/N-ethyl adjacent to an activating group) is 1. The smallest absolute Gasteiger partial charge is 0.252 e. The Kier molecular flexibility index (Phi) is 7.36. The second-order valence-electron chi connectivity index (χ2n) is 6.99. The fourth-order valence-electron chi connectivity index (χ4n) is 2.24. The van der Waals surface area contributed by atoms with Crippen molar-refractivity contribution in [2.75, 3.05) is 7.05 Å². The number of nitrogens with zero attached hydrogens (tertiary/aromatic N) is 1. The van der Waals surface area contributed by atoms with Gasteiger partial charge in [-0.1, -0.05) is 27.7 Å². The highest BCUT2D eigenvalue weighted by Gasteiger charge is 2.28. The highest BCUT2D eigenvalue weighted by molar-refractivity contribution is 5.94. The van der Waals surface area contributed by atoms with E-state index in [1.807, 2.05) is 19.9 Å². The van der Waals surface area contributed by atoms with E-state index >= 15 is 0 Å². The molecule has 1 heterocycles. The molecule has 3 N–H and O–H groups in total. The largest absolute Gasteiger partial charge is 0.383 e. The molecule has 0 aliphatic carbocycles. The molecule has 1 aliphatic heterocycles. The molecule has 0 saturated carbocycles. The number of carbonyl (C=O) groups is 3. The van der Waals surface area contributed by atoms with Crippen molar-refractivity contribution in [1.29, 1.82) is 0 Å². The maximum atomic E-state index is 12.4. The molecule has 25 heavy (non-hydrogen) atoms. The average Bonchev–Trinajstić information content (AvgIpc) is 2.67. The van der Waals surface area contributed by atoms with Gasteiger partial charge in [-0.15, -0.1) is 0 Å². The first kappa shape index (κ1) is 20.9. The lowest BCUT2D eigenvalue weighted by Crippen LogP contribution is -2.53. The minimum Gasteiger partial charge on any atom is -0.383 e. The van der Waals surface area contributed by atoms with Crippen molar-refractivity contribution in [3.05, 3.63) is 23.9 Å². The number of hydrogen-bond donors (Lipinski definition) is 3. The Hall–Kier alpha value is -2.15. The monoisotopic (exact) mass is 351 g/mol. The molecule has 7 nitrogen and oxygen atoms in total. The van der Waals surface area contributed by atoms with Gasteiger partial charge in [0.05, 0.1) is 0 Å². The van der Waals surface area contributed by atoms with Crippen LogP contribution in [0.4, 0.5) is 0 Å². The van der Waals surface area contributed by atoms with Crippen molar-refractivity contribution in [3.8, 4) is 0 Å². The molecule has 0 spiro atoms. The number of aliphatic hydroxyl groups excluding tert-OH is 1. The van der Waals surface area contributed by atoms with Crippen LogP contribution in [0.25, 0.3) is 0 Å². The van der Waals surface area contributed by atoms with E-state index in [2.05, 4.69) is 10.6 Å². The Labute approximate surface area is 149 Å². The van der Waals surface area contributed by atoms with E-state index in [1.165, 1.54) is 11.8 Å². The summed E-state index contributed by atoms with van der Waals surface area (Å²) in [5.41, 5.74) is 0.940. The molecule has 0 radical (unpaired) electrons. The van der Waals surface area contributed by atoms with Crippen molar-refractivity contribution in [2.45, 2.75) is 52.8 Å². The second kappa shape index (κ2) is 8.80. The van der Waals surface area contributed by atoms with E-state index in [0.29, 0.717) is 0 Å². The summed E-state index contributed by atoms with van der Waals surface area (Å²) in [7, 11) is 1.62. The fraction of sp³-hybridized carbons (Fsp3) is 0.611. The van der Waals surface area contributed by atoms with E-state index in [1.54, 1.807) is 33.2 Å². The lowest BCUT2D eigenvalue weighted by Gasteiger charge is -2.22. The summed E-state index contributed by atoms with van der Waals surface area (Å²) in [5, 5.41) is 14.9. The standard InChI is InChI=1S/C18H29N3O4/c1-10(2)13-7-8-21(6)18(25)14(9-13)20-16(23)12(5)19-17(24)15(22)11(3)4/h7-12,14-15,22H,1-6H3,(H,19,24)(H,20,23)/t12-,14?,15-/m0/s1. The second-order valence-corrected chi connectivity index (χ2v) is 6.99. The zero-order valence-corrected chi connectivity index (χ0v) is 15.7. The van der Waals surface area contributed by atoms with Gasteiger partial charge in [-0.05, 0) is 36.5 Å². The molecule has 3 amide bonds. The number of allylic oxidation sites excluding steroid dienone is 2. The van der Waals surface area contributed by atoms with E-state index in [0.717, 1.165) is 5.57 Å². The maximum Gasteiger partial charge on any atom is 0.252 e. The normalized spacial score (nSPS) is 20.2. The Morgan fingerprint density at radius 2 is 1.76 bits per heavy atom. The van der Waals surface area contributed by atoms with Crippen LogP contribution < -0.4 is 10.6 Å². The fourth-order valence-corrected chi connectivity index (χ4v) is 2.24. The van der Waals surface area contributed by atoms with Crippen molar-refractivity contribution in [2.24, 2.45) is 11.8 Å². The quantitative estimate of drug-likeness (QED) is 0.651.